The van der Waals surface area contributed by atoms with Crippen LogP contribution in [0.25, 0.3) is 0 Å². The number of anilines is 1. The highest BCUT2D eigenvalue weighted by Gasteiger charge is 2.26. The SMILES string of the molecule is CCCCC1CCC(C(=O)Nc2nnc(C)s2)CC1. The fourth-order valence-electron chi connectivity index (χ4n) is 2.76. The number of hydrogen-bond acceptors (Lipinski definition) is 4. The van der Waals surface area contributed by atoms with E-state index in [9.17, 15) is 4.79 Å². The Labute approximate surface area is 119 Å². The van der Waals surface area contributed by atoms with Crippen molar-refractivity contribution in [3.63, 3.8) is 0 Å². The van der Waals surface area contributed by atoms with Gasteiger partial charge in [-0.2, -0.15) is 0 Å². The van der Waals surface area contributed by atoms with Crippen LogP contribution in [0.1, 0.15) is 56.9 Å². The van der Waals surface area contributed by atoms with E-state index in [4.69, 9.17) is 0 Å². The number of aryl methyl sites for hydroxylation is 1. The van der Waals surface area contributed by atoms with Crippen molar-refractivity contribution in [2.45, 2.75) is 58.8 Å². The molecule has 0 saturated heterocycles. The van der Waals surface area contributed by atoms with Crippen molar-refractivity contribution in [3.05, 3.63) is 5.01 Å². The molecule has 1 N–H and O–H groups in total. The van der Waals surface area contributed by atoms with E-state index in [0.717, 1.165) is 23.8 Å². The van der Waals surface area contributed by atoms with Crippen molar-refractivity contribution in [3.8, 4) is 0 Å². The van der Waals surface area contributed by atoms with Gasteiger partial charge in [0.15, 0.2) is 0 Å². The summed E-state index contributed by atoms with van der Waals surface area (Å²) in [6, 6.07) is 0. The summed E-state index contributed by atoms with van der Waals surface area (Å²) in [5.41, 5.74) is 0. The minimum Gasteiger partial charge on any atom is -0.300 e. The molecule has 2 rings (SSSR count). The standard InChI is InChI=1S/C14H23N3OS/c1-3-4-5-11-6-8-12(9-7-11)13(18)15-14-17-16-10(2)19-14/h11-12H,3-9H2,1-2H3,(H,15,17,18). The number of rotatable bonds is 5. The number of carbonyl (C=O) groups excluding carboxylic acids is 1. The van der Waals surface area contributed by atoms with Gasteiger partial charge in [0, 0.05) is 5.92 Å². The number of aromatic nitrogens is 2. The molecular formula is C14H23N3OS. The third-order valence-corrected chi connectivity index (χ3v) is 4.69. The van der Waals surface area contributed by atoms with Gasteiger partial charge in [-0.25, -0.2) is 0 Å². The number of carbonyl (C=O) groups is 1. The third kappa shape index (κ3) is 4.27. The lowest BCUT2D eigenvalue weighted by Gasteiger charge is -2.27. The molecule has 0 aromatic carbocycles. The molecule has 1 heterocycles. The lowest BCUT2D eigenvalue weighted by atomic mass is 9.79. The highest BCUT2D eigenvalue weighted by Crippen LogP contribution is 2.32. The van der Waals surface area contributed by atoms with Gasteiger partial charge in [0.05, 0.1) is 0 Å². The topological polar surface area (TPSA) is 54.9 Å². The molecule has 106 valence electrons. The molecule has 0 unspecified atom stereocenters. The Kier molecular flexibility index (Phi) is 5.31. The van der Waals surface area contributed by atoms with Crippen LogP contribution in [0.15, 0.2) is 0 Å². The van der Waals surface area contributed by atoms with E-state index in [1.165, 1.54) is 43.4 Å². The van der Waals surface area contributed by atoms with Crippen LogP contribution in [0.4, 0.5) is 5.13 Å². The molecule has 0 atom stereocenters. The second kappa shape index (κ2) is 6.98. The first-order chi connectivity index (χ1) is 9.19. The van der Waals surface area contributed by atoms with Gasteiger partial charge in [-0.3, -0.25) is 4.79 Å². The average molecular weight is 281 g/mol. The van der Waals surface area contributed by atoms with Gasteiger partial charge in [0.25, 0.3) is 0 Å². The summed E-state index contributed by atoms with van der Waals surface area (Å²) < 4.78 is 0. The highest BCUT2D eigenvalue weighted by atomic mass is 32.1. The summed E-state index contributed by atoms with van der Waals surface area (Å²) in [5.74, 6) is 1.14. The fourth-order valence-corrected chi connectivity index (χ4v) is 3.36. The van der Waals surface area contributed by atoms with Crippen LogP contribution in [0, 0.1) is 18.8 Å². The van der Waals surface area contributed by atoms with Crippen molar-refractivity contribution in [1.29, 1.82) is 0 Å². The van der Waals surface area contributed by atoms with E-state index < -0.39 is 0 Å². The monoisotopic (exact) mass is 281 g/mol. The summed E-state index contributed by atoms with van der Waals surface area (Å²) in [6.07, 6.45) is 8.39. The maximum Gasteiger partial charge on any atom is 0.229 e. The summed E-state index contributed by atoms with van der Waals surface area (Å²) in [4.78, 5) is 12.1. The Morgan fingerprint density at radius 1 is 1.32 bits per heavy atom. The molecule has 1 aromatic rings. The van der Waals surface area contributed by atoms with Gasteiger partial charge in [-0.15, -0.1) is 10.2 Å². The van der Waals surface area contributed by atoms with Crippen LogP contribution in [-0.2, 0) is 4.79 Å². The van der Waals surface area contributed by atoms with Gasteiger partial charge >= 0.3 is 0 Å². The Morgan fingerprint density at radius 3 is 2.63 bits per heavy atom. The smallest absolute Gasteiger partial charge is 0.229 e. The lowest BCUT2D eigenvalue weighted by molar-refractivity contribution is -0.121. The van der Waals surface area contributed by atoms with E-state index in [2.05, 4.69) is 22.4 Å². The Balaban J connectivity index is 1.76. The third-order valence-electron chi connectivity index (χ3n) is 3.94. The first kappa shape index (κ1) is 14.4. The van der Waals surface area contributed by atoms with Gasteiger partial charge in [-0.05, 0) is 38.5 Å². The molecule has 1 fully saturated rings. The summed E-state index contributed by atoms with van der Waals surface area (Å²) >= 11 is 1.44. The summed E-state index contributed by atoms with van der Waals surface area (Å²) in [5, 5.41) is 12.3. The second-order valence-corrected chi connectivity index (χ2v) is 6.66. The molecule has 0 bridgehead atoms. The number of nitrogens with zero attached hydrogens (tertiary/aromatic N) is 2. The molecule has 4 nitrogen and oxygen atoms in total. The van der Waals surface area contributed by atoms with Crippen molar-refractivity contribution >= 4 is 22.4 Å². The molecule has 1 aliphatic carbocycles. The lowest BCUT2D eigenvalue weighted by Crippen LogP contribution is -2.27. The Bertz CT molecular complexity index is 411. The van der Waals surface area contributed by atoms with Gasteiger partial charge < -0.3 is 5.32 Å². The molecular weight excluding hydrogens is 258 g/mol. The van der Waals surface area contributed by atoms with Crippen LogP contribution in [0.3, 0.4) is 0 Å². The minimum atomic E-state index is 0.130. The quantitative estimate of drug-likeness (QED) is 0.893. The van der Waals surface area contributed by atoms with Crippen LogP contribution >= 0.6 is 11.3 Å². The second-order valence-electron chi connectivity index (χ2n) is 5.48. The van der Waals surface area contributed by atoms with E-state index >= 15 is 0 Å². The zero-order chi connectivity index (χ0) is 13.7. The molecule has 1 aromatic heterocycles. The molecule has 0 aliphatic heterocycles. The van der Waals surface area contributed by atoms with Crippen molar-refractivity contribution < 1.29 is 4.79 Å². The Morgan fingerprint density at radius 2 is 2.05 bits per heavy atom. The fraction of sp³-hybridized carbons (Fsp3) is 0.786. The minimum absolute atomic E-state index is 0.130. The van der Waals surface area contributed by atoms with Crippen molar-refractivity contribution in [2.24, 2.45) is 11.8 Å². The normalized spacial score (nSPS) is 23.3. The molecule has 19 heavy (non-hydrogen) atoms. The van der Waals surface area contributed by atoms with E-state index in [0.29, 0.717) is 5.13 Å². The van der Waals surface area contributed by atoms with E-state index in [1.807, 2.05) is 6.92 Å². The predicted molar refractivity (Wildman–Crippen MR) is 78.2 cm³/mol. The number of hydrogen-bond donors (Lipinski definition) is 1. The van der Waals surface area contributed by atoms with Gasteiger partial charge in [-0.1, -0.05) is 37.5 Å². The molecule has 1 saturated carbocycles. The van der Waals surface area contributed by atoms with E-state index in [1.54, 1.807) is 0 Å². The summed E-state index contributed by atoms with van der Waals surface area (Å²) in [6.45, 7) is 4.13. The molecule has 0 radical (unpaired) electrons. The van der Waals surface area contributed by atoms with Crippen LogP contribution in [0.5, 0.6) is 0 Å². The first-order valence-corrected chi connectivity index (χ1v) is 8.11. The van der Waals surface area contributed by atoms with Crippen LogP contribution in [-0.4, -0.2) is 16.1 Å². The van der Waals surface area contributed by atoms with Crippen LogP contribution in [0.2, 0.25) is 0 Å². The summed E-state index contributed by atoms with van der Waals surface area (Å²) in [7, 11) is 0. The maximum absolute atomic E-state index is 12.1. The maximum atomic E-state index is 12.1. The zero-order valence-corrected chi connectivity index (χ0v) is 12.6. The predicted octanol–water partition coefficient (Wildman–Crippen LogP) is 3.78. The van der Waals surface area contributed by atoms with Gasteiger partial charge in [0.1, 0.15) is 5.01 Å². The molecule has 1 aliphatic rings. The highest BCUT2D eigenvalue weighted by molar-refractivity contribution is 7.15. The van der Waals surface area contributed by atoms with Crippen molar-refractivity contribution in [2.75, 3.05) is 5.32 Å². The van der Waals surface area contributed by atoms with Gasteiger partial charge in [0.2, 0.25) is 11.0 Å². The average Bonchev–Trinajstić information content (AvgIpc) is 2.82. The Hall–Kier alpha value is -0.970. The largest absolute Gasteiger partial charge is 0.300 e. The zero-order valence-electron chi connectivity index (χ0n) is 11.8. The molecule has 5 heteroatoms. The van der Waals surface area contributed by atoms with Crippen LogP contribution < -0.4 is 5.32 Å². The number of unbranched alkanes of at least 4 members (excludes halogenated alkanes) is 1. The van der Waals surface area contributed by atoms with Crippen molar-refractivity contribution in [1.82, 2.24) is 10.2 Å². The number of amides is 1. The first-order valence-electron chi connectivity index (χ1n) is 7.30. The van der Waals surface area contributed by atoms with E-state index in [-0.39, 0.29) is 11.8 Å². The molecule has 1 amide bonds. The number of nitrogens with one attached hydrogen (secondary N) is 1. The molecule has 0 spiro atoms.